The molecule has 0 radical (unpaired) electrons. The molecule has 3 rings (SSSR count). The lowest BCUT2D eigenvalue weighted by molar-refractivity contribution is -0.658. The first kappa shape index (κ1) is 16.4. The zero-order valence-electron chi connectivity index (χ0n) is 12.8. The molecule has 0 fully saturated rings. The van der Waals surface area contributed by atoms with Crippen LogP contribution in [0.5, 0.6) is 0 Å². The number of benzene rings is 2. The second kappa shape index (κ2) is 6.59. The monoisotopic (exact) mass is 360 g/mol. The number of hydrogen-bond acceptors (Lipinski definition) is 3. The van der Waals surface area contributed by atoms with Crippen LogP contribution in [-0.2, 0) is 10.0 Å². The maximum Gasteiger partial charge on any atom is 0.263 e. The maximum atomic E-state index is 12.5. The van der Waals surface area contributed by atoms with Crippen molar-refractivity contribution < 1.29 is 13.1 Å². The summed E-state index contributed by atoms with van der Waals surface area (Å²) >= 11 is 6.10. The molecule has 0 bridgehead atoms. The summed E-state index contributed by atoms with van der Waals surface area (Å²) in [6, 6.07) is 17.3. The number of hydrogen-bond donors (Lipinski definition) is 1. The molecule has 1 heterocycles. The van der Waals surface area contributed by atoms with E-state index in [4.69, 9.17) is 11.6 Å². The Morgan fingerprint density at radius 1 is 1.04 bits per heavy atom. The first-order valence-corrected chi connectivity index (χ1v) is 9.05. The summed E-state index contributed by atoms with van der Waals surface area (Å²) in [5.74, 6) is 0.145. The van der Waals surface area contributed by atoms with E-state index in [2.05, 4.69) is 9.82 Å². The predicted molar refractivity (Wildman–Crippen MR) is 92.8 cm³/mol. The van der Waals surface area contributed by atoms with Gasteiger partial charge in [-0.05, 0) is 23.7 Å². The second-order valence-corrected chi connectivity index (χ2v) is 7.36. The highest BCUT2D eigenvalue weighted by molar-refractivity contribution is 7.92. The minimum absolute atomic E-state index is 0.145. The van der Waals surface area contributed by atoms with Crippen molar-refractivity contribution in [3.63, 3.8) is 0 Å². The molecule has 24 heavy (non-hydrogen) atoms. The molecule has 0 unspecified atom stereocenters. The quantitative estimate of drug-likeness (QED) is 0.727. The van der Waals surface area contributed by atoms with E-state index in [9.17, 15) is 8.42 Å². The molecule has 0 amide bonds. The Morgan fingerprint density at radius 3 is 2.38 bits per heavy atom. The number of nitrogens with one attached hydrogen (secondary N) is 1. The van der Waals surface area contributed by atoms with Crippen molar-refractivity contribution in [2.24, 2.45) is 0 Å². The molecule has 7 heteroatoms. The first-order chi connectivity index (χ1) is 11.4. The van der Waals surface area contributed by atoms with Crippen LogP contribution in [0.3, 0.4) is 0 Å². The molecule has 0 spiro atoms. The van der Waals surface area contributed by atoms with Crippen LogP contribution in [0.15, 0.2) is 71.8 Å². The number of sulfonamides is 1. The molecular weight excluding hydrogens is 346 g/mol. The molecule has 0 saturated heterocycles. The summed E-state index contributed by atoms with van der Waals surface area (Å²) in [5.41, 5.74) is 1.76. The molecule has 5 nitrogen and oxygen atoms in total. The third kappa shape index (κ3) is 3.72. The van der Waals surface area contributed by atoms with Gasteiger partial charge in [0, 0.05) is 23.3 Å². The highest BCUT2D eigenvalue weighted by Crippen LogP contribution is 2.17. The molecule has 3 aromatic rings. The number of nitrogens with zero attached hydrogens (tertiary/aromatic N) is 2. The van der Waals surface area contributed by atoms with Crippen molar-refractivity contribution >= 4 is 27.4 Å². The van der Waals surface area contributed by atoms with Gasteiger partial charge in [0.2, 0.25) is 17.7 Å². The minimum atomic E-state index is -3.73. The van der Waals surface area contributed by atoms with E-state index in [-0.39, 0.29) is 10.7 Å². The third-order valence-electron chi connectivity index (χ3n) is 3.33. The van der Waals surface area contributed by atoms with Gasteiger partial charge in [0.15, 0.2) is 0 Å². The van der Waals surface area contributed by atoms with Gasteiger partial charge in [-0.15, -0.1) is 0 Å². The highest BCUT2D eigenvalue weighted by Gasteiger charge is 2.18. The predicted octanol–water partition coefficient (Wildman–Crippen LogP) is 3.12. The molecule has 0 atom stereocenters. The van der Waals surface area contributed by atoms with Gasteiger partial charge in [-0.2, -0.15) is 0 Å². The number of aromatic nitrogens is 2. The van der Waals surface area contributed by atoms with Gasteiger partial charge in [0.1, 0.15) is 5.02 Å². The molecule has 1 N–H and O–H groups in total. The first-order valence-electron chi connectivity index (χ1n) is 7.18. The van der Waals surface area contributed by atoms with Crippen molar-refractivity contribution in [2.75, 3.05) is 4.72 Å². The zero-order chi connectivity index (χ0) is 17.2. The van der Waals surface area contributed by atoms with Crippen LogP contribution in [0.4, 0.5) is 5.82 Å². The van der Waals surface area contributed by atoms with Gasteiger partial charge in [0.05, 0.1) is 4.90 Å². The SMILES string of the molecule is Cc1ccc(S(=O)(=O)Nc2cc(Cl)c[n+](-c3ccccc3)n2)cc1. The van der Waals surface area contributed by atoms with Crippen LogP contribution < -0.4 is 9.40 Å². The number of rotatable bonds is 4. The largest absolute Gasteiger partial charge is 0.263 e. The lowest BCUT2D eigenvalue weighted by Gasteiger charge is -2.06. The average molecular weight is 361 g/mol. The Balaban J connectivity index is 1.95. The topological polar surface area (TPSA) is 62.9 Å². The Bertz CT molecular complexity index is 959. The van der Waals surface area contributed by atoms with Crippen LogP contribution in [0, 0.1) is 6.92 Å². The van der Waals surface area contributed by atoms with E-state index in [0.29, 0.717) is 5.02 Å². The lowest BCUT2D eigenvalue weighted by atomic mass is 10.2. The van der Waals surface area contributed by atoms with Crippen molar-refractivity contribution in [1.29, 1.82) is 0 Å². The van der Waals surface area contributed by atoms with Gasteiger partial charge in [-0.3, -0.25) is 4.72 Å². The van der Waals surface area contributed by atoms with Crippen LogP contribution in [-0.4, -0.2) is 13.5 Å². The van der Waals surface area contributed by atoms with E-state index < -0.39 is 10.0 Å². The fourth-order valence-corrected chi connectivity index (χ4v) is 3.32. The van der Waals surface area contributed by atoms with Gasteiger partial charge < -0.3 is 0 Å². The van der Waals surface area contributed by atoms with E-state index in [0.717, 1.165) is 11.3 Å². The van der Waals surface area contributed by atoms with Crippen molar-refractivity contribution in [2.45, 2.75) is 11.8 Å². The molecule has 2 aromatic carbocycles. The Labute approximate surface area is 145 Å². The van der Waals surface area contributed by atoms with E-state index in [1.54, 1.807) is 30.5 Å². The molecule has 0 aliphatic carbocycles. The molecule has 0 aliphatic heterocycles. The fourth-order valence-electron chi connectivity index (χ4n) is 2.14. The number of halogens is 1. The summed E-state index contributed by atoms with van der Waals surface area (Å²) in [5, 5.41) is 4.64. The lowest BCUT2D eigenvalue weighted by Crippen LogP contribution is -2.35. The van der Waals surface area contributed by atoms with Gasteiger partial charge in [-0.25, -0.2) is 8.42 Å². The average Bonchev–Trinajstić information content (AvgIpc) is 2.55. The zero-order valence-corrected chi connectivity index (χ0v) is 14.4. The van der Waals surface area contributed by atoms with Gasteiger partial charge in [0.25, 0.3) is 10.0 Å². The third-order valence-corrected chi connectivity index (χ3v) is 4.90. The smallest absolute Gasteiger partial charge is 0.258 e. The Morgan fingerprint density at radius 2 is 1.71 bits per heavy atom. The van der Waals surface area contributed by atoms with E-state index in [1.807, 2.05) is 37.3 Å². The summed E-state index contributed by atoms with van der Waals surface area (Å²) in [6.45, 7) is 1.89. The summed E-state index contributed by atoms with van der Waals surface area (Å²) in [7, 11) is -3.73. The fraction of sp³-hybridized carbons (Fsp3) is 0.0588. The highest BCUT2D eigenvalue weighted by atomic mass is 35.5. The number of anilines is 1. The van der Waals surface area contributed by atoms with Gasteiger partial charge in [-0.1, -0.05) is 47.5 Å². The molecule has 0 saturated carbocycles. The van der Waals surface area contributed by atoms with E-state index >= 15 is 0 Å². The molecule has 0 aliphatic rings. The van der Waals surface area contributed by atoms with Crippen molar-refractivity contribution in [1.82, 2.24) is 5.10 Å². The van der Waals surface area contributed by atoms with Crippen LogP contribution >= 0.6 is 11.6 Å². The van der Waals surface area contributed by atoms with Crippen molar-refractivity contribution in [3.8, 4) is 5.69 Å². The molecular formula is C17H15ClN3O2S+. The van der Waals surface area contributed by atoms with Gasteiger partial charge >= 0.3 is 0 Å². The van der Waals surface area contributed by atoms with Crippen LogP contribution in [0.25, 0.3) is 5.69 Å². The minimum Gasteiger partial charge on any atom is -0.258 e. The Hall–Kier alpha value is -2.44. The van der Waals surface area contributed by atoms with E-state index in [1.165, 1.54) is 10.7 Å². The molecule has 1 aromatic heterocycles. The maximum absolute atomic E-state index is 12.5. The number of aryl methyl sites for hydroxylation is 1. The van der Waals surface area contributed by atoms with Crippen LogP contribution in [0.2, 0.25) is 5.02 Å². The second-order valence-electron chi connectivity index (χ2n) is 5.24. The Kier molecular flexibility index (Phi) is 4.51. The normalized spacial score (nSPS) is 11.2. The summed E-state index contributed by atoms with van der Waals surface area (Å²) < 4.78 is 28.9. The standard InChI is InChI=1S/C17H15ClN3O2S/c1-13-7-9-16(10-8-13)24(22,23)20-17-11-14(18)12-21(19-17)15-5-3-2-4-6-15/h2-12H,1H3,(H,19,20)/q+1. The van der Waals surface area contributed by atoms with Crippen LogP contribution in [0.1, 0.15) is 5.56 Å². The number of para-hydroxylation sites is 1. The molecule has 122 valence electrons. The summed E-state index contributed by atoms with van der Waals surface area (Å²) in [4.78, 5) is 0.168. The summed E-state index contributed by atoms with van der Waals surface area (Å²) in [6.07, 6.45) is 1.61. The van der Waals surface area contributed by atoms with Crippen molar-refractivity contribution in [3.05, 3.63) is 77.4 Å².